The Labute approximate surface area is 110 Å². The standard InChI is InChI=1S/C13H16BrN3/c1-9-5-4-6-13(10(9)2)17-8-11(14)12(16-17)7-15-3/h4-6,8,15H,7H2,1-3H3. The second-order valence-corrected chi connectivity index (χ2v) is 4.97. The Morgan fingerprint density at radius 1 is 1.35 bits per heavy atom. The molecule has 0 unspecified atom stereocenters. The molecule has 0 radical (unpaired) electrons. The zero-order chi connectivity index (χ0) is 12.4. The van der Waals surface area contributed by atoms with Crippen LogP contribution in [0.5, 0.6) is 0 Å². The highest BCUT2D eigenvalue weighted by Crippen LogP contribution is 2.21. The molecule has 1 aromatic heterocycles. The fraction of sp³-hybridized carbons (Fsp3) is 0.308. The number of benzene rings is 1. The van der Waals surface area contributed by atoms with Gasteiger partial charge in [0, 0.05) is 12.7 Å². The minimum atomic E-state index is 0.762. The molecule has 0 saturated carbocycles. The quantitative estimate of drug-likeness (QED) is 0.943. The Morgan fingerprint density at radius 2 is 2.12 bits per heavy atom. The van der Waals surface area contributed by atoms with Gasteiger partial charge in [-0.2, -0.15) is 5.10 Å². The highest BCUT2D eigenvalue weighted by Gasteiger charge is 2.09. The maximum atomic E-state index is 4.58. The molecule has 4 heteroatoms. The first-order valence-corrected chi connectivity index (χ1v) is 6.38. The highest BCUT2D eigenvalue weighted by atomic mass is 79.9. The number of halogens is 1. The zero-order valence-corrected chi connectivity index (χ0v) is 11.9. The van der Waals surface area contributed by atoms with Gasteiger partial charge in [-0.15, -0.1) is 0 Å². The minimum Gasteiger partial charge on any atom is -0.314 e. The predicted molar refractivity (Wildman–Crippen MR) is 73.5 cm³/mol. The van der Waals surface area contributed by atoms with Gasteiger partial charge in [0.25, 0.3) is 0 Å². The van der Waals surface area contributed by atoms with E-state index in [4.69, 9.17) is 0 Å². The fourth-order valence-electron chi connectivity index (χ4n) is 1.78. The molecule has 0 aliphatic heterocycles. The Balaban J connectivity index is 2.46. The summed E-state index contributed by atoms with van der Waals surface area (Å²) in [6, 6.07) is 6.27. The van der Waals surface area contributed by atoms with Gasteiger partial charge in [-0.3, -0.25) is 0 Å². The first-order valence-electron chi connectivity index (χ1n) is 5.58. The third-order valence-electron chi connectivity index (χ3n) is 2.91. The number of nitrogens with one attached hydrogen (secondary N) is 1. The average molecular weight is 294 g/mol. The van der Waals surface area contributed by atoms with E-state index >= 15 is 0 Å². The molecule has 0 fully saturated rings. The van der Waals surface area contributed by atoms with Crippen LogP contribution < -0.4 is 5.32 Å². The molecule has 2 rings (SSSR count). The van der Waals surface area contributed by atoms with Crippen LogP contribution in [-0.4, -0.2) is 16.8 Å². The molecule has 0 spiro atoms. The van der Waals surface area contributed by atoms with Crippen molar-refractivity contribution in [3.8, 4) is 5.69 Å². The Kier molecular flexibility index (Phi) is 3.64. The summed E-state index contributed by atoms with van der Waals surface area (Å²) in [6.45, 7) is 5.00. The summed E-state index contributed by atoms with van der Waals surface area (Å²) >= 11 is 3.54. The number of aryl methyl sites for hydroxylation is 1. The molecular formula is C13H16BrN3. The van der Waals surface area contributed by atoms with Crippen LogP contribution in [0.25, 0.3) is 5.69 Å². The van der Waals surface area contributed by atoms with Gasteiger partial charge in [0.15, 0.2) is 0 Å². The molecule has 0 aliphatic rings. The Morgan fingerprint density at radius 3 is 2.82 bits per heavy atom. The number of nitrogens with zero attached hydrogens (tertiary/aromatic N) is 2. The molecule has 2 aromatic rings. The summed E-state index contributed by atoms with van der Waals surface area (Å²) < 4.78 is 2.96. The monoisotopic (exact) mass is 293 g/mol. The van der Waals surface area contributed by atoms with Crippen LogP contribution >= 0.6 is 15.9 Å². The summed E-state index contributed by atoms with van der Waals surface area (Å²) in [6.07, 6.45) is 2.01. The number of aromatic nitrogens is 2. The summed E-state index contributed by atoms with van der Waals surface area (Å²) in [5.41, 5.74) is 4.70. The van der Waals surface area contributed by atoms with Crippen molar-refractivity contribution in [1.29, 1.82) is 0 Å². The van der Waals surface area contributed by atoms with E-state index in [-0.39, 0.29) is 0 Å². The van der Waals surface area contributed by atoms with E-state index in [1.165, 1.54) is 11.1 Å². The van der Waals surface area contributed by atoms with Crippen LogP contribution in [0.3, 0.4) is 0 Å². The lowest BCUT2D eigenvalue weighted by molar-refractivity contribution is 0.754. The van der Waals surface area contributed by atoms with Gasteiger partial charge in [-0.25, -0.2) is 4.68 Å². The molecule has 1 aromatic carbocycles. The largest absolute Gasteiger partial charge is 0.314 e. The van der Waals surface area contributed by atoms with Crippen LogP contribution in [0.2, 0.25) is 0 Å². The van der Waals surface area contributed by atoms with Gasteiger partial charge in [-0.1, -0.05) is 12.1 Å². The maximum Gasteiger partial charge on any atom is 0.0908 e. The second kappa shape index (κ2) is 5.02. The van der Waals surface area contributed by atoms with Crippen molar-refractivity contribution in [3.63, 3.8) is 0 Å². The third kappa shape index (κ3) is 2.42. The second-order valence-electron chi connectivity index (χ2n) is 4.12. The molecule has 0 atom stereocenters. The Bertz CT molecular complexity index is 531. The van der Waals surface area contributed by atoms with Crippen molar-refractivity contribution in [1.82, 2.24) is 15.1 Å². The molecule has 1 N–H and O–H groups in total. The molecule has 17 heavy (non-hydrogen) atoms. The molecule has 90 valence electrons. The van der Waals surface area contributed by atoms with Crippen molar-refractivity contribution in [2.45, 2.75) is 20.4 Å². The summed E-state index contributed by atoms with van der Waals surface area (Å²) in [5.74, 6) is 0. The molecular weight excluding hydrogens is 278 g/mol. The smallest absolute Gasteiger partial charge is 0.0908 e. The SMILES string of the molecule is CNCc1nn(-c2cccc(C)c2C)cc1Br. The van der Waals surface area contributed by atoms with E-state index in [9.17, 15) is 0 Å². The fourth-order valence-corrected chi connectivity index (χ4v) is 2.20. The van der Waals surface area contributed by atoms with Crippen LogP contribution in [-0.2, 0) is 6.54 Å². The first-order chi connectivity index (χ1) is 8.13. The van der Waals surface area contributed by atoms with Gasteiger partial charge >= 0.3 is 0 Å². The number of hydrogen-bond donors (Lipinski definition) is 1. The summed E-state index contributed by atoms with van der Waals surface area (Å²) in [5, 5.41) is 7.69. The van der Waals surface area contributed by atoms with E-state index in [0.717, 1.165) is 22.4 Å². The van der Waals surface area contributed by atoms with Gasteiger partial charge in [0.1, 0.15) is 0 Å². The minimum absolute atomic E-state index is 0.762. The zero-order valence-electron chi connectivity index (χ0n) is 10.3. The molecule has 1 heterocycles. The molecule has 3 nitrogen and oxygen atoms in total. The van der Waals surface area contributed by atoms with Crippen molar-refractivity contribution < 1.29 is 0 Å². The van der Waals surface area contributed by atoms with E-state index in [0.29, 0.717) is 0 Å². The topological polar surface area (TPSA) is 29.9 Å². The molecule has 0 saturated heterocycles. The van der Waals surface area contributed by atoms with E-state index < -0.39 is 0 Å². The Hall–Kier alpha value is -1.13. The maximum absolute atomic E-state index is 4.58. The van der Waals surface area contributed by atoms with Crippen molar-refractivity contribution in [2.24, 2.45) is 0 Å². The highest BCUT2D eigenvalue weighted by molar-refractivity contribution is 9.10. The van der Waals surface area contributed by atoms with Gasteiger partial charge in [0.2, 0.25) is 0 Å². The number of hydrogen-bond acceptors (Lipinski definition) is 2. The predicted octanol–water partition coefficient (Wildman–Crippen LogP) is 2.97. The van der Waals surface area contributed by atoms with E-state index in [1.54, 1.807) is 0 Å². The van der Waals surface area contributed by atoms with E-state index in [1.807, 2.05) is 17.9 Å². The first kappa shape index (κ1) is 12.3. The lowest BCUT2D eigenvalue weighted by Crippen LogP contribution is -2.07. The lowest BCUT2D eigenvalue weighted by Gasteiger charge is -2.07. The molecule has 0 bridgehead atoms. The van der Waals surface area contributed by atoms with Crippen molar-refractivity contribution in [2.75, 3.05) is 7.05 Å². The van der Waals surface area contributed by atoms with E-state index in [2.05, 4.69) is 58.4 Å². The van der Waals surface area contributed by atoms with Crippen LogP contribution in [0.1, 0.15) is 16.8 Å². The third-order valence-corrected chi connectivity index (χ3v) is 3.57. The van der Waals surface area contributed by atoms with Crippen molar-refractivity contribution in [3.05, 3.63) is 45.7 Å². The van der Waals surface area contributed by atoms with Gasteiger partial charge < -0.3 is 5.32 Å². The van der Waals surface area contributed by atoms with Crippen LogP contribution in [0.15, 0.2) is 28.9 Å². The lowest BCUT2D eigenvalue weighted by atomic mass is 10.1. The normalized spacial score (nSPS) is 10.8. The summed E-state index contributed by atoms with van der Waals surface area (Å²) in [7, 11) is 1.92. The number of rotatable bonds is 3. The van der Waals surface area contributed by atoms with Crippen LogP contribution in [0.4, 0.5) is 0 Å². The van der Waals surface area contributed by atoms with Gasteiger partial charge in [0.05, 0.1) is 15.9 Å². The average Bonchev–Trinajstić information content (AvgIpc) is 2.65. The molecule has 0 aliphatic carbocycles. The molecule has 0 amide bonds. The van der Waals surface area contributed by atoms with Crippen molar-refractivity contribution >= 4 is 15.9 Å². The van der Waals surface area contributed by atoms with Gasteiger partial charge in [-0.05, 0) is 54.0 Å². The summed E-state index contributed by atoms with van der Waals surface area (Å²) in [4.78, 5) is 0. The van der Waals surface area contributed by atoms with Crippen LogP contribution in [0, 0.1) is 13.8 Å².